The summed E-state index contributed by atoms with van der Waals surface area (Å²) in [4.78, 5) is 11.9. The third kappa shape index (κ3) is 3.56. The third-order valence-electron chi connectivity index (χ3n) is 4.60. The van der Waals surface area contributed by atoms with Gasteiger partial charge in [-0.2, -0.15) is 0 Å². The Morgan fingerprint density at radius 1 is 1.03 bits per heavy atom. The van der Waals surface area contributed by atoms with E-state index in [2.05, 4.69) is 0 Å². The van der Waals surface area contributed by atoms with Gasteiger partial charge in [0.15, 0.2) is 5.75 Å². The summed E-state index contributed by atoms with van der Waals surface area (Å²) in [5.41, 5.74) is 6.08. The molecule has 1 heterocycles. The van der Waals surface area contributed by atoms with Crippen LogP contribution in [0.25, 0.3) is 10.1 Å². The average Bonchev–Trinajstić information content (AvgIpc) is 3.05. The fraction of sp³-hybridized carbons (Fsp3) is 0.0455. The van der Waals surface area contributed by atoms with Crippen molar-refractivity contribution in [3.63, 3.8) is 0 Å². The van der Waals surface area contributed by atoms with Crippen LogP contribution in [0.3, 0.4) is 0 Å². The molecule has 0 aliphatic carbocycles. The van der Waals surface area contributed by atoms with Crippen LogP contribution in [0.2, 0.25) is 5.02 Å². The van der Waals surface area contributed by atoms with Crippen molar-refractivity contribution in [2.75, 3.05) is 0 Å². The van der Waals surface area contributed by atoms with Gasteiger partial charge in [0.05, 0.1) is 5.56 Å². The predicted molar refractivity (Wildman–Crippen MR) is 118 cm³/mol. The minimum absolute atomic E-state index is 0.0123. The van der Waals surface area contributed by atoms with Gasteiger partial charge in [0.1, 0.15) is 14.9 Å². The SMILES string of the molecule is Cc1c(S(=O)(=O)c2cccc(C(N)=O)c2Oc2ccccc2)sc2ccc(Cl)cc12. The number of carbonyl (C=O) groups excluding carboxylic acids is 1. The summed E-state index contributed by atoms with van der Waals surface area (Å²) in [5, 5.41) is 1.29. The molecule has 1 aromatic heterocycles. The van der Waals surface area contributed by atoms with E-state index in [1.807, 2.05) is 0 Å². The summed E-state index contributed by atoms with van der Waals surface area (Å²) < 4.78 is 34.1. The van der Waals surface area contributed by atoms with Crippen LogP contribution in [0.4, 0.5) is 0 Å². The number of hydrogen-bond donors (Lipinski definition) is 1. The normalized spacial score (nSPS) is 11.5. The molecule has 2 N–H and O–H groups in total. The Kier molecular flexibility index (Phi) is 5.27. The topological polar surface area (TPSA) is 86.5 Å². The van der Waals surface area contributed by atoms with Gasteiger partial charge in [0.2, 0.25) is 9.84 Å². The van der Waals surface area contributed by atoms with Crippen LogP contribution in [0.5, 0.6) is 11.5 Å². The van der Waals surface area contributed by atoms with E-state index in [0.29, 0.717) is 16.3 Å². The number of sulfone groups is 1. The zero-order valence-corrected chi connectivity index (χ0v) is 18.1. The first-order chi connectivity index (χ1) is 14.3. The largest absolute Gasteiger partial charge is 0.455 e. The monoisotopic (exact) mass is 457 g/mol. The van der Waals surface area contributed by atoms with E-state index >= 15 is 0 Å². The van der Waals surface area contributed by atoms with Crippen molar-refractivity contribution in [3.8, 4) is 11.5 Å². The first kappa shape index (κ1) is 20.4. The number of aryl methyl sites for hydroxylation is 1. The smallest absolute Gasteiger partial charge is 0.252 e. The molecular formula is C22H16ClNO4S2. The molecule has 0 saturated carbocycles. The first-order valence-corrected chi connectivity index (χ1v) is 11.6. The predicted octanol–water partition coefficient (Wildman–Crippen LogP) is 5.59. The number of benzene rings is 3. The number of amides is 1. The molecule has 0 bridgehead atoms. The second-order valence-corrected chi connectivity index (χ2v) is 10.2. The molecule has 8 heteroatoms. The maximum Gasteiger partial charge on any atom is 0.252 e. The van der Waals surface area contributed by atoms with E-state index in [-0.39, 0.29) is 20.4 Å². The molecule has 0 unspecified atom stereocenters. The second-order valence-electron chi connectivity index (χ2n) is 6.57. The summed E-state index contributed by atoms with van der Waals surface area (Å²) in [6.07, 6.45) is 0. The van der Waals surface area contributed by atoms with Gasteiger partial charge in [-0.05, 0) is 60.3 Å². The minimum atomic E-state index is -4.01. The summed E-state index contributed by atoms with van der Waals surface area (Å²) in [7, 11) is -4.01. The van der Waals surface area contributed by atoms with Crippen molar-refractivity contribution in [1.82, 2.24) is 0 Å². The number of hydrogen-bond acceptors (Lipinski definition) is 5. The van der Waals surface area contributed by atoms with Crippen LogP contribution in [0.15, 0.2) is 75.8 Å². The van der Waals surface area contributed by atoms with Crippen molar-refractivity contribution < 1.29 is 17.9 Å². The molecule has 5 nitrogen and oxygen atoms in total. The molecule has 1 amide bonds. The molecule has 0 atom stereocenters. The lowest BCUT2D eigenvalue weighted by Gasteiger charge is -2.14. The van der Waals surface area contributed by atoms with Crippen molar-refractivity contribution in [2.45, 2.75) is 16.0 Å². The number of carbonyl (C=O) groups is 1. The number of fused-ring (bicyclic) bond motifs is 1. The van der Waals surface area contributed by atoms with Gasteiger partial charge >= 0.3 is 0 Å². The molecule has 4 rings (SSSR count). The maximum absolute atomic E-state index is 13.6. The van der Waals surface area contributed by atoms with E-state index in [0.717, 1.165) is 21.4 Å². The number of nitrogens with two attached hydrogens (primary N) is 1. The summed E-state index contributed by atoms with van der Waals surface area (Å²) in [6, 6.07) is 18.2. The summed E-state index contributed by atoms with van der Waals surface area (Å²) in [5.74, 6) is -0.480. The summed E-state index contributed by atoms with van der Waals surface area (Å²) >= 11 is 7.23. The summed E-state index contributed by atoms with van der Waals surface area (Å²) in [6.45, 7) is 1.73. The molecule has 0 radical (unpaired) electrons. The van der Waals surface area contributed by atoms with Crippen LogP contribution in [0.1, 0.15) is 15.9 Å². The number of para-hydroxylation sites is 2. The van der Waals surface area contributed by atoms with E-state index in [4.69, 9.17) is 22.1 Å². The molecule has 4 aromatic rings. The molecule has 3 aromatic carbocycles. The molecule has 0 aliphatic heterocycles. The lowest BCUT2D eigenvalue weighted by molar-refractivity contribution is 0.0997. The standard InChI is InChI=1S/C22H16ClNO4S2/c1-13-17-12-14(23)10-11-18(17)29-22(13)30(26,27)19-9-5-8-16(21(24)25)20(19)28-15-6-3-2-4-7-15/h2-12H,1H3,(H2,24,25). The van der Waals surface area contributed by atoms with Gasteiger partial charge in [-0.15, -0.1) is 11.3 Å². The van der Waals surface area contributed by atoms with Gasteiger partial charge in [-0.1, -0.05) is 35.9 Å². The molecule has 0 spiro atoms. The molecule has 0 aliphatic rings. The zero-order valence-electron chi connectivity index (χ0n) is 15.8. The maximum atomic E-state index is 13.6. The van der Waals surface area contributed by atoms with Crippen LogP contribution in [0, 0.1) is 6.92 Å². The van der Waals surface area contributed by atoms with Gasteiger partial charge in [-0.3, -0.25) is 4.79 Å². The van der Waals surface area contributed by atoms with Gasteiger partial charge in [-0.25, -0.2) is 8.42 Å². The molecular weight excluding hydrogens is 442 g/mol. The Balaban J connectivity index is 1.94. The number of ether oxygens (including phenoxy) is 1. The number of rotatable bonds is 5. The van der Waals surface area contributed by atoms with Crippen molar-refractivity contribution in [3.05, 3.63) is 82.9 Å². The van der Waals surface area contributed by atoms with Gasteiger partial charge in [0, 0.05) is 9.72 Å². The van der Waals surface area contributed by atoms with Gasteiger partial charge < -0.3 is 10.5 Å². The van der Waals surface area contributed by atoms with Crippen LogP contribution in [-0.4, -0.2) is 14.3 Å². The highest BCUT2D eigenvalue weighted by Crippen LogP contribution is 2.42. The molecule has 0 fully saturated rings. The quantitative estimate of drug-likeness (QED) is 0.423. The zero-order chi connectivity index (χ0) is 21.5. The van der Waals surface area contributed by atoms with E-state index in [9.17, 15) is 13.2 Å². The Hall–Kier alpha value is -2.87. The van der Waals surface area contributed by atoms with Crippen molar-refractivity contribution in [1.29, 1.82) is 0 Å². The highest BCUT2D eigenvalue weighted by molar-refractivity contribution is 7.93. The van der Waals surface area contributed by atoms with Crippen molar-refractivity contribution >= 4 is 48.8 Å². The Morgan fingerprint density at radius 3 is 2.47 bits per heavy atom. The van der Waals surface area contributed by atoms with E-state index < -0.39 is 15.7 Å². The number of thiophene rings is 1. The van der Waals surface area contributed by atoms with Gasteiger partial charge in [0.25, 0.3) is 5.91 Å². The average molecular weight is 458 g/mol. The molecule has 30 heavy (non-hydrogen) atoms. The fourth-order valence-corrected chi connectivity index (χ4v) is 6.60. The van der Waals surface area contributed by atoms with Crippen LogP contribution in [-0.2, 0) is 9.84 Å². The lowest BCUT2D eigenvalue weighted by Crippen LogP contribution is -2.14. The highest BCUT2D eigenvalue weighted by Gasteiger charge is 2.30. The lowest BCUT2D eigenvalue weighted by atomic mass is 10.2. The number of primary amides is 1. The van der Waals surface area contributed by atoms with Crippen LogP contribution >= 0.6 is 22.9 Å². The third-order valence-corrected chi connectivity index (χ3v) is 8.50. The van der Waals surface area contributed by atoms with E-state index in [1.54, 1.807) is 55.5 Å². The Labute approximate surface area is 182 Å². The number of halogens is 1. The van der Waals surface area contributed by atoms with E-state index in [1.165, 1.54) is 18.2 Å². The first-order valence-electron chi connectivity index (χ1n) is 8.88. The van der Waals surface area contributed by atoms with Crippen LogP contribution < -0.4 is 10.5 Å². The molecule has 152 valence electrons. The highest BCUT2D eigenvalue weighted by atomic mass is 35.5. The minimum Gasteiger partial charge on any atom is -0.455 e. The Morgan fingerprint density at radius 2 is 1.77 bits per heavy atom. The fourth-order valence-electron chi connectivity index (χ4n) is 3.16. The van der Waals surface area contributed by atoms with Crippen molar-refractivity contribution in [2.24, 2.45) is 5.73 Å². The Bertz CT molecular complexity index is 1380. The second kappa shape index (κ2) is 7.75. The molecule has 0 saturated heterocycles.